The minimum atomic E-state index is -0.627. The number of hydrogen-bond donors (Lipinski definition) is 0. The number of benzene rings is 2. The van der Waals surface area contributed by atoms with Crippen molar-refractivity contribution in [2.75, 3.05) is 0 Å². The minimum absolute atomic E-state index is 0.400. The highest BCUT2D eigenvalue weighted by atomic mass is 16.6. The van der Waals surface area contributed by atoms with Gasteiger partial charge in [0.25, 0.3) is 0 Å². The summed E-state index contributed by atoms with van der Waals surface area (Å²) in [5.74, 6) is -0.809. The molecule has 0 saturated heterocycles. The second-order valence-corrected chi connectivity index (χ2v) is 4.85. The predicted molar refractivity (Wildman–Crippen MR) is 75.5 cm³/mol. The van der Waals surface area contributed by atoms with Gasteiger partial charge in [-0.1, -0.05) is 48.5 Å². The molecule has 0 unspecified atom stereocenters. The quantitative estimate of drug-likeness (QED) is 0.794. The maximum Gasteiger partial charge on any atom is 0.339 e. The molecule has 2 aromatic carbocycles. The molecule has 2 aromatic rings. The third-order valence-corrected chi connectivity index (χ3v) is 3.42. The van der Waals surface area contributed by atoms with Crippen LogP contribution in [0.4, 0.5) is 0 Å². The SMILES string of the molecule is CC(=O)O[C@H]1c2ccccc2C(=O)O[C@H]1c1ccccc1. The second kappa shape index (κ2) is 5.40. The number of cyclic esters (lactones) is 1. The van der Waals surface area contributed by atoms with Gasteiger partial charge in [0, 0.05) is 12.5 Å². The summed E-state index contributed by atoms with van der Waals surface area (Å²) in [5.41, 5.74) is 1.92. The van der Waals surface area contributed by atoms with Crippen molar-refractivity contribution in [3.05, 3.63) is 71.3 Å². The summed E-state index contributed by atoms with van der Waals surface area (Å²) in [6.45, 7) is 1.35. The van der Waals surface area contributed by atoms with E-state index in [1.165, 1.54) is 6.92 Å². The highest BCUT2D eigenvalue weighted by Gasteiger charge is 2.38. The zero-order valence-corrected chi connectivity index (χ0v) is 11.5. The summed E-state index contributed by atoms with van der Waals surface area (Å²) >= 11 is 0. The molecule has 0 N–H and O–H groups in total. The van der Waals surface area contributed by atoms with E-state index in [1.54, 1.807) is 18.2 Å². The molecule has 21 heavy (non-hydrogen) atoms. The second-order valence-electron chi connectivity index (χ2n) is 4.85. The molecule has 0 amide bonds. The van der Waals surface area contributed by atoms with Gasteiger partial charge in [0.2, 0.25) is 0 Å². The number of rotatable bonds is 2. The van der Waals surface area contributed by atoms with Crippen molar-refractivity contribution in [2.24, 2.45) is 0 Å². The molecule has 2 atom stereocenters. The molecule has 0 aliphatic carbocycles. The van der Waals surface area contributed by atoms with Crippen LogP contribution in [0.5, 0.6) is 0 Å². The van der Waals surface area contributed by atoms with Crippen LogP contribution in [0.2, 0.25) is 0 Å². The first-order valence-electron chi connectivity index (χ1n) is 6.69. The van der Waals surface area contributed by atoms with Gasteiger partial charge in [0.05, 0.1) is 5.56 Å². The lowest BCUT2D eigenvalue weighted by Crippen LogP contribution is -2.29. The Kier molecular flexibility index (Phi) is 3.44. The lowest BCUT2D eigenvalue weighted by molar-refractivity contribution is -0.154. The van der Waals surface area contributed by atoms with Crippen molar-refractivity contribution in [3.8, 4) is 0 Å². The minimum Gasteiger partial charge on any atom is -0.453 e. The Hall–Kier alpha value is -2.62. The van der Waals surface area contributed by atoms with Crippen molar-refractivity contribution >= 4 is 11.9 Å². The van der Waals surface area contributed by atoms with Gasteiger partial charge in [-0.15, -0.1) is 0 Å². The van der Waals surface area contributed by atoms with Gasteiger partial charge < -0.3 is 9.47 Å². The molecule has 3 rings (SSSR count). The van der Waals surface area contributed by atoms with Crippen LogP contribution in [0.3, 0.4) is 0 Å². The van der Waals surface area contributed by atoms with Crippen molar-refractivity contribution < 1.29 is 19.1 Å². The Bertz CT molecular complexity index is 678. The molecule has 0 radical (unpaired) electrons. The van der Waals surface area contributed by atoms with Gasteiger partial charge in [0.1, 0.15) is 0 Å². The number of carbonyl (C=O) groups excluding carboxylic acids is 2. The van der Waals surface area contributed by atoms with Crippen LogP contribution in [0.1, 0.15) is 40.6 Å². The average molecular weight is 282 g/mol. The maximum atomic E-state index is 12.1. The topological polar surface area (TPSA) is 52.6 Å². The van der Waals surface area contributed by atoms with E-state index >= 15 is 0 Å². The van der Waals surface area contributed by atoms with Crippen LogP contribution in [0, 0.1) is 0 Å². The van der Waals surface area contributed by atoms with E-state index in [2.05, 4.69) is 0 Å². The molecule has 0 bridgehead atoms. The van der Waals surface area contributed by atoms with Crippen molar-refractivity contribution in [1.29, 1.82) is 0 Å². The van der Waals surface area contributed by atoms with E-state index in [0.717, 1.165) is 5.56 Å². The molecule has 1 heterocycles. The molecule has 0 saturated carbocycles. The fourth-order valence-electron chi connectivity index (χ4n) is 2.52. The van der Waals surface area contributed by atoms with Crippen molar-refractivity contribution in [3.63, 3.8) is 0 Å². The van der Waals surface area contributed by atoms with Gasteiger partial charge in [-0.2, -0.15) is 0 Å². The van der Waals surface area contributed by atoms with Crippen LogP contribution in [0.25, 0.3) is 0 Å². The fraction of sp³-hybridized carbons (Fsp3) is 0.176. The molecular weight excluding hydrogens is 268 g/mol. The lowest BCUT2D eigenvalue weighted by atomic mass is 9.92. The molecule has 0 fully saturated rings. The number of ether oxygens (including phenoxy) is 2. The first-order valence-corrected chi connectivity index (χ1v) is 6.69. The molecule has 4 heteroatoms. The largest absolute Gasteiger partial charge is 0.453 e. The summed E-state index contributed by atoms with van der Waals surface area (Å²) in [4.78, 5) is 23.6. The summed E-state index contributed by atoms with van der Waals surface area (Å²) in [5, 5.41) is 0. The first kappa shape index (κ1) is 13.4. The molecule has 1 aliphatic rings. The van der Waals surface area contributed by atoms with Crippen LogP contribution in [0.15, 0.2) is 54.6 Å². The van der Waals surface area contributed by atoms with E-state index in [-0.39, 0.29) is 0 Å². The maximum absolute atomic E-state index is 12.1. The zero-order chi connectivity index (χ0) is 14.8. The number of fused-ring (bicyclic) bond motifs is 1. The number of esters is 2. The first-order chi connectivity index (χ1) is 10.2. The third-order valence-electron chi connectivity index (χ3n) is 3.42. The van der Waals surface area contributed by atoms with E-state index in [9.17, 15) is 9.59 Å². The van der Waals surface area contributed by atoms with E-state index in [0.29, 0.717) is 11.1 Å². The van der Waals surface area contributed by atoms with Crippen LogP contribution < -0.4 is 0 Å². The highest BCUT2D eigenvalue weighted by molar-refractivity contribution is 5.92. The lowest BCUT2D eigenvalue weighted by Gasteiger charge is -2.32. The standard InChI is InChI=1S/C17H14O4/c1-11(18)20-16-13-9-5-6-10-14(13)17(19)21-15(16)12-7-3-2-4-8-12/h2-10,15-16H,1H3/t15-,16-/m0/s1. The predicted octanol–water partition coefficient (Wildman–Crippen LogP) is 3.20. The van der Waals surface area contributed by atoms with Crippen molar-refractivity contribution in [1.82, 2.24) is 0 Å². The Labute approximate surface area is 122 Å². The number of carbonyl (C=O) groups is 2. The van der Waals surface area contributed by atoms with Gasteiger partial charge in [-0.25, -0.2) is 4.79 Å². The Morgan fingerprint density at radius 2 is 1.71 bits per heavy atom. The molecule has 0 spiro atoms. The monoisotopic (exact) mass is 282 g/mol. The van der Waals surface area contributed by atoms with Gasteiger partial charge in [-0.3, -0.25) is 4.79 Å². The van der Waals surface area contributed by atoms with E-state index < -0.39 is 24.1 Å². The van der Waals surface area contributed by atoms with E-state index in [4.69, 9.17) is 9.47 Å². The molecule has 1 aliphatic heterocycles. The Morgan fingerprint density at radius 3 is 2.43 bits per heavy atom. The fourth-order valence-corrected chi connectivity index (χ4v) is 2.52. The smallest absolute Gasteiger partial charge is 0.339 e. The number of hydrogen-bond acceptors (Lipinski definition) is 4. The van der Waals surface area contributed by atoms with Crippen LogP contribution in [-0.4, -0.2) is 11.9 Å². The summed E-state index contributed by atoms with van der Waals surface area (Å²) in [6.07, 6.45) is -1.25. The summed E-state index contributed by atoms with van der Waals surface area (Å²) in [7, 11) is 0. The average Bonchev–Trinajstić information content (AvgIpc) is 2.50. The third kappa shape index (κ3) is 2.52. The normalized spacial score (nSPS) is 20.3. The van der Waals surface area contributed by atoms with Gasteiger partial charge in [0.15, 0.2) is 12.2 Å². The molecule has 0 aromatic heterocycles. The van der Waals surface area contributed by atoms with Gasteiger partial charge in [-0.05, 0) is 11.6 Å². The Morgan fingerprint density at radius 1 is 1.05 bits per heavy atom. The van der Waals surface area contributed by atoms with E-state index in [1.807, 2.05) is 36.4 Å². The summed E-state index contributed by atoms with van der Waals surface area (Å²) in [6, 6.07) is 16.3. The van der Waals surface area contributed by atoms with Crippen molar-refractivity contribution in [2.45, 2.75) is 19.1 Å². The molecular formula is C17H14O4. The molecule has 4 nitrogen and oxygen atoms in total. The Balaban J connectivity index is 2.08. The highest BCUT2D eigenvalue weighted by Crippen LogP contribution is 2.41. The molecule has 106 valence electrons. The summed E-state index contributed by atoms with van der Waals surface area (Å²) < 4.78 is 10.9. The van der Waals surface area contributed by atoms with Gasteiger partial charge >= 0.3 is 11.9 Å². The zero-order valence-electron chi connectivity index (χ0n) is 11.5. The van der Waals surface area contributed by atoms with Crippen LogP contribution in [-0.2, 0) is 14.3 Å². The van der Waals surface area contributed by atoms with Crippen LogP contribution >= 0.6 is 0 Å².